The van der Waals surface area contributed by atoms with Crippen molar-refractivity contribution in [2.24, 2.45) is 11.8 Å². The number of aromatic nitrogens is 1. The number of benzene rings is 2. The minimum absolute atomic E-state index is 0.134. The molecule has 178 valence electrons. The van der Waals surface area contributed by atoms with Crippen LogP contribution in [0.1, 0.15) is 30.6 Å². The average Bonchev–Trinajstić information content (AvgIpc) is 2.87. The van der Waals surface area contributed by atoms with Crippen LogP contribution in [0.15, 0.2) is 54.6 Å². The number of fused-ring (bicyclic) bond motifs is 1. The number of anilines is 2. The first-order valence-corrected chi connectivity index (χ1v) is 12.3. The Morgan fingerprint density at radius 2 is 1.56 bits per heavy atom. The van der Waals surface area contributed by atoms with Crippen LogP contribution in [0.2, 0.25) is 0 Å². The second kappa shape index (κ2) is 9.53. The summed E-state index contributed by atoms with van der Waals surface area (Å²) in [6.45, 7) is 9.69. The van der Waals surface area contributed by atoms with Crippen molar-refractivity contribution in [1.82, 2.24) is 9.88 Å². The fourth-order valence-electron chi connectivity index (χ4n) is 5.49. The highest BCUT2D eigenvalue weighted by Gasteiger charge is 2.28. The van der Waals surface area contributed by atoms with Gasteiger partial charge in [-0.05, 0) is 54.7 Å². The topological polar surface area (TPSA) is 48.9 Å². The molecule has 2 aliphatic heterocycles. The zero-order valence-electron chi connectivity index (χ0n) is 20.4. The molecule has 3 aromatic rings. The third kappa shape index (κ3) is 4.54. The molecule has 1 amide bonds. The SMILES string of the molecule is COc1ccc(N2CCN(c3cc(C(=O)N4CC(C)CC(C)C4)c4ccccc4n3)CC2)cc1. The number of carbonyl (C=O) groups excluding carboxylic acids is 1. The van der Waals surface area contributed by atoms with Crippen molar-refractivity contribution >= 4 is 28.3 Å². The van der Waals surface area contributed by atoms with E-state index in [1.165, 1.54) is 12.1 Å². The van der Waals surface area contributed by atoms with Crippen LogP contribution in [0, 0.1) is 11.8 Å². The van der Waals surface area contributed by atoms with Crippen LogP contribution in [0.3, 0.4) is 0 Å². The molecule has 0 bridgehead atoms. The van der Waals surface area contributed by atoms with Crippen molar-refractivity contribution in [3.8, 4) is 5.75 Å². The molecule has 1 aromatic heterocycles. The summed E-state index contributed by atoms with van der Waals surface area (Å²) in [5.41, 5.74) is 2.87. The second-order valence-electron chi connectivity index (χ2n) is 9.87. The lowest BCUT2D eigenvalue weighted by atomic mass is 9.91. The van der Waals surface area contributed by atoms with Gasteiger partial charge in [0.15, 0.2) is 0 Å². The fourth-order valence-corrected chi connectivity index (χ4v) is 5.49. The molecule has 2 aliphatic rings. The number of para-hydroxylation sites is 1. The van der Waals surface area contributed by atoms with Gasteiger partial charge >= 0.3 is 0 Å². The van der Waals surface area contributed by atoms with Crippen molar-refractivity contribution in [2.45, 2.75) is 20.3 Å². The number of ether oxygens (including phenoxy) is 1. The highest BCUT2D eigenvalue weighted by molar-refractivity contribution is 6.07. The largest absolute Gasteiger partial charge is 0.497 e. The number of hydrogen-bond donors (Lipinski definition) is 0. The first-order chi connectivity index (χ1) is 16.5. The Morgan fingerprint density at radius 3 is 2.24 bits per heavy atom. The van der Waals surface area contributed by atoms with Crippen LogP contribution in [-0.2, 0) is 0 Å². The number of likely N-dealkylation sites (tertiary alicyclic amines) is 1. The molecule has 2 saturated heterocycles. The summed E-state index contributed by atoms with van der Waals surface area (Å²) in [7, 11) is 1.69. The third-order valence-corrected chi connectivity index (χ3v) is 7.13. The normalized spacial score (nSPS) is 21.1. The van der Waals surface area contributed by atoms with E-state index in [1.807, 2.05) is 47.4 Å². The molecule has 3 heterocycles. The van der Waals surface area contributed by atoms with E-state index >= 15 is 0 Å². The van der Waals surface area contributed by atoms with Crippen LogP contribution in [0.25, 0.3) is 10.9 Å². The standard InChI is InChI=1S/C28H34N4O2/c1-20-16-21(2)19-32(18-20)28(33)25-17-27(29-26-7-5-4-6-24(25)26)31-14-12-30(13-15-31)22-8-10-23(34-3)11-9-22/h4-11,17,20-21H,12-16,18-19H2,1-3H3. The highest BCUT2D eigenvalue weighted by atomic mass is 16.5. The average molecular weight is 459 g/mol. The minimum Gasteiger partial charge on any atom is -0.497 e. The Balaban J connectivity index is 1.38. The zero-order valence-corrected chi connectivity index (χ0v) is 20.4. The quantitative estimate of drug-likeness (QED) is 0.568. The number of methoxy groups -OCH3 is 1. The summed E-state index contributed by atoms with van der Waals surface area (Å²) in [6, 6.07) is 18.3. The van der Waals surface area contributed by atoms with E-state index in [2.05, 4.69) is 35.8 Å². The number of rotatable bonds is 4. The predicted octanol–water partition coefficient (Wildman–Crippen LogP) is 4.69. The fraction of sp³-hybridized carbons (Fsp3) is 0.429. The van der Waals surface area contributed by atoms with E-state index in [4.69, 9.17) is 9.72 Å². The van der Waals surface area contributed by atoms with Crippen LogP contribution in [0.5, 0.6) is 5.75 Å². The molecule has 2 fully saturated rings. The Kier molecular flexibility index (Phi) is 6.31. The van der Waals surface area contributed by atoms with Gasteiger partial charge in [0.1, 0.15) is 11.6 Å². The van der Waals surface area contributed by atoms with E-state index in [0.29, 0.717) is 11.8 Å². The van der Waals surface area contributed by atoms with Crippen molar-refractivity contribution in [1.29, 1.82) is 0 Å². The molecule has 34 heavy (non-hydrogen) atoms. The van der Waals surface area contributed by atoms with Gasteiger partial charge in [-0.2, -0.15) is 0 Å². The molecule has 0 aliphatic carbocycles. The predicted molar refractivity (Wildman–Crippen MR) is 138 cm³/mol. The molecule has 0 saturated carbocycles. The maximum atomic E-state index is 13.7. The molecule has 2 unspecified atom stereocenters. The number of hydrogen-bond acceptors (Lipinski definition) is 5. The van der Waals surface area contributed by atoms with Gasteiger partial charge < -0.3 is 19.4 Å². The lowest BCUT2D eigenvalue weighted by Crippen LogP contribution is -2.47. The first kappa shape index (κ1) is 22.5. The van der Waals surface area contributed by atoms with Crippen LogP contribution in [0.4, 0.5) is 11.5 Å². The lowest BCUT2D eigenvalue weighted by molar-refractivity contribution is 0.0625. The molecule has 6 nitrogen and oxygen atoms in total. The van der Waals surface area contributed by atoms with Crippen LogP contribution in [-0.4, -0.2) is 62.2 Å². The first-order valence-electron chi connectivity index (χ1n) is 12.3. The summed E-state index contributed by atoms with van der Waals surface area (Å²) in [5, 5.41) is 0.944. The van der Waals surface area contributed by atoms with Gasteiger partial charge in [0, 0.05) is 50.3 Å². The second-order valence-corrected chi connectivity index (χ2v) is 9.87. The van der Waals surface area contributed by atoms with E-state index in [0.717, 1.165) is 67.3 Å². The molecular formula is C28H34N4O2. The summed E-state index contributed by atoms with van der Waals surface area (Å²) < 4.78 is 5.29. The molecule has 2 aromatic carbocycles. The van der Waals surface area contributed by atoms with Crippen molar-refractivity contribution in [3.05, 3.63) is 60.2 Å². The Hall–Kier alpha value is -3.28. The molecule has 0 spiro atoms. The lowest BCUT2D eigenvalue weighted by Gasteiger charge is -2.37. The molecule has 6 heteroatoms. The molecule has 0 N–H and O–H groups in total. The van der Waals surface area contributed by atoms with Crippen LogP contribution >= 0.6 is 0 Å². The van der Waals surface area contributed by atoms with Gasteiger partial charge in [0.05, 0.1) is 18.2 Å². The van der Waals surface area contributed by atoms with E-state index in [9.17, 15) is 4.79 Å². The monoisotopic (exact) mass is 458 g/mol. The summed E-state index contributed by atoms with van der Waals surface area (Å²) in [4.78, 5) is 25.4. The number of carbonyl (C=O) groups is 1. The van der Waals surface area contributed by atoms with E-state index in [1.54, 1.807) is 7.11 Å². The molecule has 2 atom stereocenters. The molecule has 5 rings (SSSR count). The van der Waals surface area contributed by atoms with Crippen molar-refractivity contribution in [2.75, 3.05) is 56.2 Å². The smallest absolute Gasteiger partial charge is 0.254 e. The van der Waals surface area contributed by atoms with E-state index in [-0.39, 0.29) is 5.91 Å². The summed E-state index contributed by atoms with van der Waals surface area (Å²) >= 11 is 0. The Labute approximate surface area is 202 Å². The van der Waals surface area contributed by atoms with Crippen LogP contribution < -0.4 is 14.5 Å². The number of nitrogens with zero attached hydrogens (tertiary/aromatic N) is 4. The third-order valence-electron chi connectivity index (χ3n) is 7.13. The molecule has 0 radical (unpaired) electrons. The van der Waals surface area contributed by atoms with Gasteiger partial charge in [-0.25, -0.2) is 4.98 Å². The van der Waals surface area contributed by atoms with Gasteiger partial charge in [-0.15, -0.1) is 0 Å². The molecular weight excluding hydrogens is 424 g/mol. The minimum atomic E-state index is 0.134. The maximum Gasteiger partial charge on any atom is 0.254 e. The summed E-state index contributed by atoms with van der Waals surface area (Å²) in [5.74, 6) is 2.97. The zero-order chi connectivity index (χ0) is 23.7. The van der Waals surface area contributed by atoms with Gasteiger partial charge in [-0.1, -0.05) is 32.0 Å². The Morgan fingerprint density at radius 1 is 0.912 bits per heavy atom. The van der Waals surface area contributed by atoms with Gasteiger partial charge in [-0.3, -0.25) is 4.79 Å². The van der Waals surface area contributed by atoms with Gasteiger partial charge in [0.2, 0.25) is 0 Å². The van der Waals surface area contributed by atoms with Crippen molar-refractivity contribution in [3.63, 3.8) is 0 Å². The number of pyridine rings is 1. The van der Waals surface area contributed by atoms with Crippen molar-refractivity contribution < 1.29 is 9.53 Å². The highest BCUT2D eigenvalue weighted by Crippen LogP contribution is 2.29. The van der Waals surface area contributed by atoms with E-state index < -0.39 is 0 Å². The maximum absolute atomic E-state index is 13.7. The van der Waals surface area contributed by atoms with Gasteiger partial charge in [0.25, 0.3) is 5.91 Å². The number of piperazine rings is 1. The number of piperidine rings is 1. The number of amides is 1. The Bertz CT molecular complexity index is 1140. The summed E-state index contributed by atoms with van der Waals surface area (Å²) in [6.07, 6.45) is 1.19.